The third-order valence-electron chi connectivity index (χ3n) is 3.45. The lowest BCUT2D eigenvalue weighted by molar-refractivity contribution is 0.628. The Morgan fingerprint density at radius 2 is 1.74 bits per heavy atom. The molecule has 1 heteroatoms. The normalized spacial score (nSPS) is 20.1. The molecule has 0 radical (unpaired) electrons. The molecule has 100 valence electrons. The van der Waals surface area contributed by atoms with Gasteiger partial charge in [0, 0.05) is 11.3 Å². The average molecular weight is 270 g/mol. The fourth-order valence-corrected chi connectivity index (χ4v) is 3.57. The van der Waals surface area contributed by atoms with Gasteiger partial charge in [-0.05, 0) is 43.1 Å². The van der Waals surface area contributed by atoms with Crippen molar-refractivity contribution in [3.8, 4) is 11.8 Å². The van der Waals surface area contributed by atoms with Crippen LogP contribution in [0.3, 0.4) is 0 Å². The van der Waals surface area contributed by atoms with Crippen molar-refractivity contribution in [2.75, 3.05) is 0 Å². The smallest absolute Gasteiger partial charge is 0.0229 e. The fourth-order valence-electron chi connectivity index (χ4n) is 2.42. The molecule has 0 N–H and O–H groups in total. The van der Waals surface area contributed by atoms with Gasteiger partial charge in [-0.2, -0.15) is 0 Å². The molecule has 0 bridgehead atoms. The molecule has 0 spiro atoms. The Kier molecular flexibility index (Phi) is 6.11. The molecule has 0 saturated heterocycles. The van der Waals surface area contributed by atoms with E-state index >= 15 is 0 Å². The summed E-state index contributed by atoms with van der Waals surface area (Å²) in [5.74, 6) is 7.51. The molecule has 0 unspecified atom stereocenters. The van der Waals surface area contributed by atoms with Gasteiger partial charge < -0.3 is 0 Å². The number of hydrogen-bond acceptors (Lipinski definition) is 1. The second-order valence-electron chi connectivity index (χ2n) is 4.97. The van der Waals surface area contributed by atoms with Crippen molar-refractivity contribution in [2.24, 2.45) is 0 Å². The zero-order valence-electron chi connectivity index (χ0n) is 11.7. The van der Waals surface area contributed by atoms with Gasteiger partial charge in [-0.1, -0.05) is 49.1 Å². The van der Waals surface area contributed by atoms with Gasteiger partial charge in [0.05, 0.1) is 0 Å². The number of rotatable bonds is 3. The first kappa shape index (κ1) is 14.3. The Labute approximate surface area is 121 Å². The zero-order valence-corrected chi connectivity index (χ0v) is 12.6. The van der Waals surface area contributed by atoms with Crippen molar-refractivity contribution in [1.82, 2.24) is 0 Å². The summed E-state index contributed by atoms with van der Waals surface area (Å²) in [4.78, 5) is 1.54. The molecule has 0 nitrogen and oxygen atoms in total. The van der Waals surface area contributed by atoms with Gasteiger partial charge in [0.25, 0.3) is 0 Å². The van der Waals surface area contributed by atoms with E-state index in [2.05, 4.69) is 42.2 Å². The molecule has 1 aromatic rings. The molecule has 0 heterocycles. The minimum atomic E-state index is 1.07. The van der Waals surface area contributed by atoms with Crippen LogP contribution in [-0.2, 0) is 5.75 Å². The van der Waals surface area contributed by atoms with Crippen LogP contribution in [0.2, 0.25) is 0 Å². The Morgan fingerprint density at radius 3 is 2.47 bits per heavy atom. The van der Waals surface area contributed by atoms with E-state index in [1.54, 1.807) is 0 Å². The van der Waals surface area contributed by atoms with E-state index in [-0.39, 0.29) is 0 Å². The third-order valence-corrected chi connectivity index (χ3v) is 4.73. The second-order valence-corrected chi connectivity index (χ2v) is 6.04. The van der Waals surface area contributed by atoms with Gasteiger partial charge in [-0.25, -0.2) is 0 Å². The summed E-state index contributed by atoms with van der Waals surface area (Å²) in [6.07, 6.45) is 7.78. The predicted octanol–water partition coefficient (Wildman–Crippen LogP) is 5.55. The number of allylic oxidation sites excluding steroid dienone is 2. The molecule has 1 aliphatic rings. The maximum Gasteiger partial charge on any atom is 0.0229 e. The minimum Gasteiger partial charge on any atom is -0.125 e. The highest BCUT2D eigenvalue weighted by Gasteiger charge is 2.09. The van der Waals surface area contributed by atoms with Crippen molar-refractivity contribution in [2.45, 2.75) is 51.2 Å². The van der Waals surface area contributed by atoms with Crippen LogP contribution >= 0.6 is 11.8 Å². The Morgan fingerprint density at radius 1 is 1.00 bits per heavy atom. The lowest BCUT2D eigenvalue weighted by Gasteiger charge is -2.14. The topological polar surface area (TPSA) is 0 Å². The van der Waals surface area contributed by atoms with E-state index in [0.717, 1.165) is 5.75 Å². The first-order valence-corrected chi connectivity index (χ1v) is 8.20. The molecule has 0 atom stereocenters. The van der Waals surface area contributed by atoms with Gasteiger partial charge in [0.1, 0.15) is 0 Å². The summed E-state index contributed by atoms with van der Waals surface area (Å²) in [5, 5.41) is 0. The lowest BCUT2D eigenvalue weighted by atomic mass is 10.00. The number of thioether (sulfide) groups is 1. The quantitative estimate of drug-likeness (QED) is 0.649. The van der Waals surface area contributed by atoms with E-state index < -0.39 is 0 Å². The van der Waals surface area contributed by atoms with Crippen LogP contribution in [0.1, 0.15) is 51.0 Å². The van der Waals surface area contributed by atoms with Crippen molar-refractivity contribution >= 4 is 11.8 Å². The molecule has 1 aliphatic carbocycles. The summed E-state index contributed by atoms with van der Waals surface area (Å²) in [5.41, 5.74) is 2.81. The zero-order chi connectivity index (χ0) is 13.3. The third kappa shape index (κ3) is 4.80. The lowest BCUT2D eigenvalue weighted by Crippen LogP contribution is -1.94. The molecule has 1 aromatic carbocycles. The maximum atomic E-state index is 3.35. The predicted molar refractivity (Wildman–Crippen MR) is 85.9 cm³/mol. The Hall–Kier alpha value is -1.13. The van der Waals surface area contributed by atoms with Crippen molar-refractivity contribution in [3.05, 3.63) is 46.4 Å². The van der Waals surface area contributed by atoms with Crippen LogP contribution in [0.4, 0.5) is 0 Å². The van der Waals surface area contributed by atoms with Crippen LogP contribution in [0.15, 0.2) is 40.8 Å². The molecule has 2 rings (SSSR count). The maximum absolute atomic E-state index is 3.35. The van der Waals surface area contributed by atoms with Gasteiger partial charge in [-0.15, -0.1) is 17.7 Å². The highest BCUT2D eigenvalue weighted by molar-refractivity contribution is 8.02. The molecular formula is C18H22S. The van der Waals surface area contributed by atoms with Crippen LogP contribution in [0, 0.1) is 11.8 Å². The summed E-state index contributed by atoms with van der Waals surface area (Å²) in [7, 11) is 0. The Bertz CT molecular complexity index is 473. The Balaban J connectivity index is 2.07. The van der Waals surface area contributed by atoms with E-state index in [0.29, 0.717) is 0 Å². The van der Waals surface area contributed by atoms with E-state index in [1.165, 1.54) is 54.6 Å². The fraction of sp³-hybridized carbons (Fsp3) is 0.444. The molecule has 19 heavy (non-hydrogen) atoms. The van der Waals surface area contributed by atoms with Crippen molar-refractivity contribution in [1.29, 1.82) is 0 Å². The summed E-state index contributed by atoms with van der Waals surface area (Å²) < 4.78 is 0. The monoisotopic (exact) mass is 270 g/mol. The molecule has 0 aliphatic heterocycles. The van der Waals surface area contributed by atoms with Crippen LogP contribution < -0.4 is 0 Å². The average Bonchev–Trinajstić information content (AvgIpc) is 2.43. The van der Waals surface area contributed by atoms with E-state index in [9.17, 15) is 0 Å². The SMILES string of the molecule is CC#C/C1=C(\SCc2ccccc2)CCCCCC1. The molecule has 0 fully saturated rings. The summed E-state index contributed by atoms with van der Waals surface area (Å²) >= 11 is 2.00. The first-order valence-electron chi connectivity index (χ1n) is 7.21. The van der Waals surface area contributed by atoms with Gasteiger partial charge in [-0.3, -0.25) is 0 Å². The van der Waals surface area contributed by atoms with Crippen molar-refractivity contribution < 1.29 is 0 Å². The first-order chi connectivity index (χ1) is 9.40. The standard InChI is InChI=1S/C18H22S/c1-2-10-17-13-8-3-4-9-14-18(17)19-15-16-11-6-5-7-12-16/h5-7,11-12H,3-4,8-9,13-15H2,1H3/b18-17+. The van der Waals surface area contributed by atoms with Crippen molar-refractivity contribution in [3.63, 3.8) is 0 Å². The summed E-state index contributed by atoms with van der Waals surface area (Å²) in [6.45, 7) is 1.95. The molecule has 0 amide bonds. The highest BCUT2D eigenvalue weighted by Crippen LogP contribution is 2.32. The molecule has 0 aromatic heterocycles. The van der Waals surface area contributed by atoms with E-state index in [4.69, 9.17) is 0 Å². The van der Waals surface area contributed by atoms with Crippen LogP contribution in [0.25, 0.3) is 0 Å². The van der Waals surface area contributed by atoms with Crippen LogP contribution in [-0.4, -0.2) is 0 Å². The van der Waals surface area contributed by atoms with Gasteiger partial charge >= 0.3 is 0 Å². The second kappa shape index (κ2) is 8.12. The van der Waals surface area contributed by atoms with Gasteiger partial charge in [0.2, 0.25) is 0 Å². The van der Waals surface area contributed by atoms with Crippen LogP contribution in [0.5, 0.6) is 0 Å². The highest BCUT2D eigenvalue weighted by atomic mass is 32.2. The number of benzene rings is 1. The number of hydrogen-bond donors (Lipinski definition) is 0. The van der Waals surface area contributed by atoms with Gasteiger partial charge in [0.15, 0.2) is 0 Å². The summed E-state index contributed by atoms with van der Waals surface area (Å²) in [6, 6.07) is 10.7. The molecular weight excluding hydrogens is 248 g/mol. The largest absolute Gasteiger partial charge is 0.125 e. The minimum absolute atomic E-state index is 1.07. The van der Waals surface area contributed by atoms with E-state index in [1.807, 2.05) is 18.7 Å². The molecule has 0 saturated carbocycles.